The van der Waals surface area contributed by atoms with E-state index in [1.54, 1.807) is 0 Å². The lowest BCUT2D eigenvalue weighted by molar-refractivity contribution is 0.131. The third kappa shape index (κ3) is 3.26. The number of para-hydroxylation sites is 1. The van der Waals surface area contributed by atoms with E-state index >= 15 is 0 Å². The van der Waals surface area contributed by atoms with E-state index in [9.17, 15) is 0 Å². The molecule has 3 rings (SSSR count). The predicted octanol–water partition coefficient (Wildman–Crippen LogP) is 4.51. The topological polar surface area (TPSA) is 34.7 Å². The molecule has 0 bridgehead atoms. The smallest absolute Gasteiger partial charge is 0.225 e. The highest BCUT2D eigenvalue weighted by Crippen LogP contribution is 2.16. The van der Waals surface area contributed by atoms with Crippen molar-refractivity contribution in [3.63, 3.8) is 0 Å². The van der Waals surface area contributed by atoms with Gasteiger partial charge in [-0.2, -0.15) is 0 Å². The van der Waals surface area contributed by atoms with Crippen molar-refractivity contribution in [2.75, 3.05) is 6.61 Å². The maximum atomic E-state index is 5.98. The molecular formula is C19H19NO2. The number of aryl methyl sites for hydroxylation is 1. The first-order chi connectivity index (χ1) is 10.8. The summed E-state index contributed by atoms with van der Waals surface area (Å²) in [6, 6.07) is 18.1. The molecule has 1 heterocycles. The maximum Gasteiger partial charge on any atom is 0.225 e. The molecule has 0 aliphatic rings. The Morgan fingerprint density at radius 3 is 2.59 bits per heavy atom. The first-order valence-electron chi connectivity index (χ1n) is 7.47. The zero-order chi connectivity index (χ0) is 15.4. The Hall–Kier alpha value is -2.39. The van der Waals surface area contributed by atoms with Crippen molar-refractivity contribution in [1.29, 1.82) is 0 Å². The van der Waals surface area contributed by atoms with Crippen LogP contribution in [0.1, 0.15) is 18.1 Å². The zero-order valence-corrected chi connectivity index (χ0v) is 12.9. The van der Waals surface area contributed by atoms with E-state index in [2.05, 4.69) is 18.0 Å². The summed E-state index contributed by atoms with van der Waals surface area (Å²) in [5, 5.41) is 1.06. The van der Waals surface area contributed by atoms with Crippen LogP contribution in [0.5, 0.6) is 0 Å². The second-order valence-corrected chi connectivity index (χ2v) is 5.20. The van der Waals surface area contributed by atoms with Crippen LogP contribution in [0.15, 0.2) is 64.0 Å². The van der Waals surface area contributed by atoms with Gasteiger partial charge >= 0.3 is 0 Å². The molecule has 3 aromatic rings. The molecule has 0 atom stereocenters. The van der Waals surface area contributed by atoms with Gasteiger partial charge in [-0.1, -0.05) is 35.9 Å². The van der Waals surface area contributed by atoms with E-state index in [1.807, 2.05) is 55.5 Å². The monoisotopic (exact) mass is 293 g/mol. The number of fused-ring (bicyclic) bond motifs is 1. The van der Waals surface area contributed by atoms with Crippen LogP contribution >= 0.6 is 0 Å². The average molecular weight is 293 g/mol. The fraction of sp³-hybridized carbons (Fsp3) is 0.211. The second-order valence-electron chi connectivity index (χ2n) is 5.20. The molecule has 0 N–H and O–H groups in total. The molecule has 0 aliphatic carbocycles. The molecule has 0 spiro atoms. The number of ether oxygens (including phenoxy) is 1. The number of nitrogens with zero attached hydrogens (tertiary/aromatic N) is 1. The van der Waals surface area contributed by atoms with Gasteiger partial charge in [0.1, 0.15) is 5.58 Å². The molecule has 0 unspecified atom stereocenters. The normalized spacial score (nSPS) is 12.0. The molecule has 0 amide bonds. The summed E-state index contributed by atoms with van der Waals surface area (Å²) in [5.74, 6) is 0. The summed E-state index contributed by atoms with van der Waals surface area (Å²) in [6.07, 6.45) is 0. The van der Waals surface area contributed by atoms with E-state index in [4.69, 9.17) is 9.15 Å². The summed E-state index contributed by atoms with van der Waals surface area (Å²) in [5.41, 5.74) is 4.48. The van der Waals surface area contributed by atoms with E-state index < -0.39 is 0 Å². The van der Waals surface area contributed by atoms with Gasteiger partial charge in [-0.3, -0.25) is 0 Å². The fourth-order valence-corrected chi connectivity index (χ4v) is 2.26. The highest BCUT2D eigenvalue weighted by molar-refractivity contribution is 5.76. The summed E-state index contributed by atoms with van der Waals surface area (Å²) < 4.78 is 11.5. The van der Waals surface area contributed by atoms with Crippen LogP contribution in [0, 0.1) is 6.92 Å². The summed E-state index contributed by atoms with van der Waals surface area (Å²) >= 11 is 0. The highest BCUT2D eigenvalue weighted by atomic mass is 16.5. The van der Waals surface area contributed by atoms with Crippen molar-refractivity contribution in [3.05, 3.63) is 71.3 Å². The minimum Gasteiger partial charge on any atom is -0.438 e. The number of rotatable bonds is 4. The van der Waals surface area contributed by atoms with Gasteiger partial charge in [-0.25, -0.2) is 4.99 Å². The van der Waals surface area contributed by atoms with Gasteiger partial charge in [0, 0.05) is 17.6 Å². The number of hydrogen-bond donors (Lipinski definition) is 0. The van der Waals surface area contributed by atoms with Gasteiger partial charge in [-0.15, -0.1) is 0 Å². The Morgan fingerprint density at radius 1 is 1.05 bits per heavy atom. The minimum atomic E-state index is 0.496. The van der Waals surface area contributed by atoms with Crippen LogP contribution in [-0.4, -0.2) is 6.61 Å². The summed E-state index contributed by atoms with van der Waals surface area (Å²) in [7, 11) is 0. The standard InChI is InChI=1S/C19H19NO2/c1-3-21-13-16-12-15-6-4-5-7-18(15)22-19(16)20-17-10-8-14(2)9-11-17/h4-12H,3,13H2,1-2H3. The first-order valence-corrected chi connectivity index (χ1v) is 7.47. The zero-order valence-electron chi connectivity index (χ0n) is 12.9. The molecule has 3 nitrogen and oxygen atoms in total. The molecule has 1 aromatic heterocycles. The Balaban J connectivity index is 2.14. The molecule has 0 aliphatic heterocycles. The molecule has 112 valence electrons. The predicted molar refractivity (Wildman–Crippen MR) is 87.9 cm³/mol. The molecule has 22 heavy (non-hydrogen) atoms. The van der Waals surface area contributed by atoms with Crippen molar-refractivity contribution < 1.29 is 9.15 Å². The molecule has 0 saturated carbocycles. The fourth-order valence-electron chi connectivity index (χ4n) is 2.26. The van der Waals surface area contributed by atoms with Gasteiger partial charge in [0.05, 0.1) is 12.3 Å². The lowest BCUT2D eigenvalue weighted by atomic mass is 10.2. The quantitative estimate of drug-likeness (QED) is 0.709. The highest BCUT2D eigenvalue weighted by Gasteiger charge is 2.04. The van der Waals surface area contributed by atoms with Crippen molar-refractivity contribution in [2.45, 2.75) is 20.5 Å². The van der Waals surface area contributed by atoms with Crippen LogP contribution in [0.25, 0.3) is 11.0 Å². The lowest BCUT2D eigenvalue weighted by Crippen LogP contribution is -2.10. The molecular weight excluding hydrogens is 274 g/mol. The van der Waals surface area contributed by atoms with E-state index in [-0.39, 0.29) is 0 Å². The van der Waals surface area contributed by atoms with E-state index in [0.29, 0.717) is 18.8 Å². The largest absolute Gasteiger partial charge is 0.438 e. The van der Waals surface area contributed by atoms with Crippen molar-refractivity contribution >= 4 is 16.7 Å². The van der Waals surface area contributed by atoms with Gasteiger partial charge in [-0.05, 0) is 38.1 Å². The van der Waals surface area contributed by atoms with E-state index in [1.165, 1.54) is 5.56 Å². The second kappa shape index (κ2) is 6.58. The van der Waals surface area contributed by atoms with Gasteiger partial charge in [0.15, 0.2) is 0 Å². The van der Waals surface area contributed by atoms with Crippen molar-refractivity contribution in [1.82, 2.24) is 0 Å². The van der Waals surface area contributed by atoms with Crippen LogP contribution in [0.4, 0.5) is 5.69 Å². The van der Waals surface area contributed by atoms with Crippen molar-refractivity contribution in [2.24, 2.45) is 4.99 Å². The third-order valence-electron chi connectivity index (χ3n) is 3.46. The Labute approximate surface area is 129 Å². The summed E-state index contributed by atoms with van der Waals surface area (Å²) in [4.78, 5) is 4.64. The molecule has 0 saturated heterocycles. The van der Waals surface area contributed by atoms with E-state index in [0.717, 1.165) is 22.2 Å². The van der Waals surface area contributed by atoms with Gasteiger partial charge in [0.2, 0.25) is 5.55 Å². The Kier molecular flexibility index (Phi) is 4.35. The Bertz CT molecular complexity index is 832. The number of hydrogen-bond acceptors (Lipinski definition) is 3. The maximum absolute atomic E-state index is 5.98. The van der Waals surface area contributed by atoms with Gasteiger partial charge in [0.25, 0.3) is 0 Å². The van der Waals surface area contributed by atoms with Crippen LogP contribution in [-0.2, 0) is 11.3 Å². The Morgan fingerprint density at radius 2 is 1.82 bits per heavy atom. The first kappa shape index (κ1) is 14.5. The number of benzene rings is 2. The van der Waals surface area contributed by atoms with Crippen LogP contribution in [0.2, 0.25) is 0 Å². The third-order valence-corrected chi connectivity index (χ3v) is 3.46. The molecule has 3 heteroatoms. The SMILES string of the molecule is CCOCc1cc2ccccc2oc1=Nc1ccc(C)cc1. The van der Waals surface area contributed by atoms with Crippen molar-refractivity contribution in [3.8, 4) is 0 Å². The van der Waals surface area contributed by atoms with Gasteiger partial charge < -0.3 is 9.15 Å². The molecule has 2 aromatic carbocycles. The minimum absolute atomic E-state index is 0.496. The average Bonchev–Trinajstić information content (AvgIpc) is 2.55. The molecule has 0 radical (unpaired) electrons. The van der Waals surface area contributed by atoms with Crippen LogP contribution in [0.3, 0.4) is 0 Å². The summed E-state index contributed by atoms with van der Waals surface area (Å²) in [6.45, 7) is 5.20. The lowest BCUT2D eigenvalue weighted by Gasteiger charge is -2.05. The molecule has 0 fully saturated rings. The van der Waals surface area contributed by atoms with Crippen LogP contribution < -0.4 is 5.55 Å².